The summed E-state index contributed by atoms with van der Waals surface area (Å²) in [6, 6.07) is 8.13. The second-order valence-corrected chi connectivity index (χ2v) is 6.82. The predicted molar refractivity (Wildman–Crippen MR) is 94.1 cm³/mol. The van der Waals surface area contributed by atoms with Gasteiger partial charge in [0.1, 0.15) is 11.1 Å². The summed E-state index contributed by atoms with van der Waals surface area (Å²) >= 11 is 1.34. The second kappa shape index (κ2) is 6.97. The van der Waals surface area contributed by atoms with Gasteiger partial charge >= 0.3 is 0 Å². The van der Waals surface area contributed by atoms with E-state index in [9.17, 15) is 10.1 Å². The molecule has 0 radical (unpaired) electrons. The molecule has 2 aromatic rings. The van der Waals surface area contributed by atoms with Crippen molar-refractivity contribution in [1.82, 2.24) is 4.98 Å². The van der Waals surface area contributed by atoms with E-state index in [1.54, 1.807) is 0 Å². The molecule has 1 aromatic heterocycles. The van der Waals surface area contributed by atoms with E-state index in [0.717, 1.165) is 33.5 Å². The fourth-order valence-corrected chi connectivity index (χ4v) is 3.84. The molecule has 0 unspecified atom stereocenters. The predicted octanol–water partition coefficient (Wildman–Crippen LogP) is 4.47. The first-order valence-electron chi connectivity index (χ1n) is 7.45. The molecule has 4 heteroatoms. The van der Waals surface area contributed by atoms with Crippen molar-refractivity contribution < 1.29 is 4.79 Å². The Morgan fingerprint density at radius 1 is 1.09 bits per heavy atom. The minimum absolute atomic E-state index is 0.0786. The van der Waals surface area contributed by atoms with Gasteiger partial charge in [0.15, 0.2) is 5.78 Å². The first kappa shape index (κ1) is 17.2. The maximum absolute atomic E-state index is 12.6. The van der Waals surface area contributed by atoms with Crippen LogP contribution in [0.15, 0.2) is 23.2 Å². The lowest BCUT2D eigenvalue weighted by Gasteiger charge is -2.11. The molecule has 0 atom stereocenters. The molecule has 3 nitrogen and oxygen atoms in total. The zero-order chi connectivity index (χ0) is 17.1. The lowest BCUT2D eigenvalue weighted by atomic mass is 9.97. The van der Waals surface area contributed by atoms with Gasteiger partial charge in [0.25, 0.3) is 0 Å². The molecular weight excluding hydrogens is 304 g/mol. The molecule has 0 spiro atoms. The number of thioether (sulfide) groups is 1. The Labute approximate surface area is 141 Å². The van der Waals surface area contributed by atoms with E-state index in [1.807, 2.05) is 52.8 Å². The van der Waals surface area contributed by atoms with Gasteiger partial charge in [-0.15, -0.1) is 0 Å². The third kappa shape index (κ3) is 3.80. The summed E-state index contributed by atoms with van der Waals surface area (Å²) in [4.78, 5) is 17.0. The van der Waals surface area contributed by atoms with E-state index >= 15 is 0 Å². The van der Waals surface area contributed by atoms with Crippen LogP contribution in [0.1, 0.15) is 43.9 Å². The van der Waals surface area contributed by atoms with Gasteiger partial charge in [-0.1, -0.05) is 29.5 Å². The maximum Gasteiger partial charge on any atom is 0.173 e. The van der Waals surface area contributed by atoms with E-state index in [2.05, 4.69) is 11.1 Å². The van der Waals surface area contributed by atoms with Gasteiger partial charge in [-0.05, 0) is 57.4 Å². The van der Waals surface area contributed by atoms with Crippen molar-refractivity contribution in [2.24, 2.45) is 0 Å². The number of carbonyl (C=O) groups excluding carboxylic acids is 1. The summed E-state index contributed by atoms with van der Waals surface area (Å²) in [5.41, 5.74) is 6.27. The molecule has 118 valence electrons. The van der Waals surface area contributed by atoms with Crippen LogP contribution >= 0.6 is 11.8 Å². The normalized spacial score (nSPS) is 10.4. The lowest BCUT2D eigenvalue weighted by Crippen LogP contribution is -2.08. The van der Waals surface area contributed by atoms with Crippen LogP contribution < -0.4 is 0 Å². The van der Waals surface area contributed by atoms with Crippen LogP contribution in [0.4, 0.5) is 0 Å². The first-order chi connectivity index (χ1) is 10.8. The van der Waals surface area contributed by atoms with Crippen LogP contribution in [0.2, 0.25) is 0 Å². The Morgan fingerprint density at radius 2 is 1.70 bits per heavy atom. The molecule has 0 fully saturated rings. The molecule has 23 heavy (non-hydrogen) atoms. The Morgan fingerprint density at radius 3 is 2.26 bits per heavy atom. The van der Waals surface area contributed by atoms with E-state index < -0.39 is 0 Å². The number of Topliss-reactive ketones (excluding diaryl/α,β-unsaturated/α-hetero) is 1. The molecule has 0 aliphatic carbocycles. The number of aryl methyl sites for hydroxylation is 5. The van der Waals surface area contributed by atoms with Gasteiger partial charge in [0.05, 0.1) is 11.3 Å². The number of nitriles is 1. The number of rotatable bonds is 4. The quantitative estimate of drug-likeness (QED) is 0.615. The highest BCUT2D eigenvalue weighted by molar-refractivity contribution is 8.00. The SMILES string of the molecule is Cc1cc(C)c(C(=O)CSc2nc(C)cc(C)c2C#N)c(C)c1. The standard InChI is InChI=1S/C19H20N2OS/c1-11-6-13(3)18(14(4)7-11)17(22)10-23-19-16(9-20)12(2)8-15(5)21-19/h6-8H,10H2,1-5H3. The van der Waals surface area contributed by atoms with Crippen LogP contribution in [0.25, 0.3) is 0 Å². The summed E-state index contributed by atoms with van der Waals surface area (Å²) in [7, 11) is 0. The molecule has 0 saturated heterocycles. The molecule has 0 bridgehead atoms. The Balaban J connectivity index is 2.26. The zero-order valence-corrected chi connectivity index (χ0v) is 15.0. The van der Waals surface area contributed by atoms with Crippen molar-refractivity contribution in [3.05, 3.63) is 57.3 Å². The molecule has 2 rings (SSSR count). The van der Waals surface area contributed by atoms with Crippen LogP contribution in [0.5, 0.6) is 0 Å². The average Bonchev–Trinajstić information content (AvgIpc) is 2.43. The van der Waals surface area contributed by atoms with Crippen LogP contribution in [0.3, 0.4) is 0 Å². The highest BCUT2D eigenvalue weighted by Crippen LogP contribution is 2.26. The number of pyridine rings is 1. The second-order valence-electron chi connectivity index (χ2n) is 5.86. The van der Waals surface area contributed by atoms with Gasteiger partial charge < -0.3 is 0 Å². The number of nitrogens with zero attached hydrogens (tertiary/aromatic N) is 2. The van der Waals surface area contributed by atoms with Gasteiger partial charge in [-0.3, -0.25) is 4.79 Å². The largest absolute Gasteiger partial charge is 0.293 e. The molecule has 1 aromatic carbocycles. The maximum atomic E-state index is 12.6. The Kier molecular flexibility index (Phi) is 5.23. The van der Waals surface area contributed by atoms with Crippen LogP contribution in [0, 0.1) is 45.9 Å². The van der Waals surface area contributed by atoms with Crippen molar-refractivity contribution in [1.29, 1.82) is 5.26 Å². The van der Waals surface area contributed by atoms with E-state index in [0.29, 0.717) is 10.6 Å². The fourth-order valence-electron chi connectivity index (χ4n) is 2.87. The van der Waals surface area contributed by atoms with Crippen molar-refractivity contribution >= 4 is 17.5 Å². The van der Waals surface area contributed by atoms with Crippen molar-refractivity contribution in [3.63, 3.8) is 0 Å². The van der Waals surface area contributed by atoms with E-state index in [4.69, 9.17) is 0 Å². The summed E-state index contributed by atoms with van der Waals surface area (Å²) < 4.78 is 0. The van der Waals surface area contributed by atoms with Gasteiger partial charge in [-0.2, -0.15) is 5.26 Å². The van der Waals surface area contributed by atoms with Gasteiger partial charge in [0.2, 0.25) is 0 Å². The fraction of sp³-hybridized carbons (Fsp3) is 0.316. The molecule has 0 aliphatic rings. The first-order valence-corrected chi connectivity index (χ1v) is 8.44. The molecule has 0 aliphatic heterocycles. The van der Waals surface area contributed by atoms with Crippen LogP contribution in [-0.2, 0) is 0 Å². The summed E-state index contributed by atoms with van der Waals surface area (Å²) in [5, 5.41) is 9.94. The number of ketones is 1. The van der Waals surface area contributed by atoms with E-state index in [-0.39, 0.29) is 11.5 Å². The minimum atomic E-state index is 0.0786. The number of carbonyl (C=O) groups is 1. The summed E-state index contributed by atoms with van der Waals surface area (Å²) in [5.74, 6) is 0.366. The van der Waals surface area contributed by atoms with Crippen molar-refractivity contribution in [3.8, 4) is 6.07 Å². The minimum Gasteiger partial charge on any atom is -0.293 e. The summed E-state index contributed by atoms with van der Waals surface area (Å²) in [6.07, 6.45) is 0. The smallest absolute Gasteiger partial charge is 0.173 e. The zero-order valence-electron chi connectivity index (χ0n) is 14.2. The number of aromatic nitrogens is 1. The lowest BCUT2D eigenvalue weighted by molar-refractivity contribution is 0.102. The Bertz CT molecular complexity index is 796. The molecule has 1 heterocycles. The molecule has 0 amide bonds. The van der Waals surface area contributed by atoms with Crippen molar-refractivity contribution in [2.75, 3.05) is 5.75 Å². The molecular formula is C19H20N2OS. The van der Waals surface area contributed by atoms with Crippen molar-refractivity contribution in [2.45, 2.75) is 39.6 Å². The summed E-state index contributed by atoms with van der Waals surface area (Å²) in [6.45, 7) is 9.75. The molecule has 0 N–H and O–H groups in total. The van der Waals surface area contributed by atoms with Gasteiger partial charge in [0, 0.05) is 11.3 Å². The van der Waals surface area contributed by atoms with Crippen LogP contribution in [-0.4, -0.2) is 16.5 Å². The topological polar surface area (TPSA) is 53.8 Å². The molecule has 0 saturated carbocycles. The monoisotopic (exact) mass is 324 g/mol. The average molecular weight is 324 g/mol. The Hall–Kier alpha value is -2.12. The number of hydrogen-bond acceptors (Lipinski definition) is 4. The highest BCUT2D eigenvalue weighted by Gasteiger charge is 2.16. The third-order valence-corrected chi connectivity index (χ3v) is 4.69. The highest BCUT2D eigenvalue weighted by atomic mass is 32.2. The number of benzene rings is 1. The van der Waals surface area contributed by atoms with Gasteiger partial charge in [-0.25, -0.2) is 4.98 Å². The van der Waals surface area contributed by atoms with E-state index in [1.165, 1.54) is 11.8 Å². The number of hydrogen-bond donors (Lipinski definition) is 0. The third-order valence-electron chi connectivity index (χ3n) is 3.72.